The molecule has 0 bridgehead atoms. The number of hydrogen-bond acceptors (Lipinski definition) is 4. The van der Waals surface area contributed by atoms with Crippen molar-refractivity contribution in [2.75, 3.05) is 19.5 Å². The van der Waals surface area contributed by atoms with Crippen LogP contribution in [0.1, 0.15) is 17.2 Å². The van der Waals surface area contributed by atoms with E-state index in [1.165, 1.54) is 0 Å². The lowest BCUT2D eigenvalue weighted by Crippen LogP contribution is -2.42. The summed E-state index contributed by atoms with van der Waals surface area (Å²) in [5.41, 5.74) is 7.39. The van der Waals surface area contributed by atoms with Gasteiger partial charge in [-0.1, -0.05) is 48.5 Å². The smallest absolute Gasteiger partial charge is 0.193 e. The highest BCUT2D eigenvalue weighted by Crippen LogP contribution is 2.38. The summed E-state index contributed by atoms with van der Waals surface area (Å²) in [6.45, 7) is 0. The third-order valence-corrected chi connectivity index (χ3v) is 5.23. The first kappa shape index (κ1) is 19.8. The highest BCUT2D eigenvalue weighted by Gasteiger charge is 2.31. The summed E-state index contributed by atoms with van der Waals surface area (Å²) >= 11 is 5.76. The van der Waals surface area contributed by atoms with Gasteiger partial charge in [-0.15, -0.1) is 0 Å². The van der Waals surface area contributed by atoms with E-state index in [9.17, 15) is 0 Å². The summed E-state index contributed by atoms with van der Waals surface area (Å²) in [7, 11) is 3.32. The molecule has 0 saturated heterocycles. The van der Waals surface area contributed by atoms with E-state index in [1.807, 2.05) is 71.7 Å². The molecule has 1 heterocycles. The zero-order valence-electron chi connectivity index (χ0n) is 16.8. The summed E-state index contributed by atoms with van der Waals surface area (Å²) in [6, 6.07) is 25.6. The Morgan fingerprint density at radius 1 is 0.933 bits per heavy atom. The topological polar surface area (TPSA) is 45.8 Å². The van der Waals surface area contributed by atoms with E-state index in [0.717, 1.165) is 34.0 Å². The van der Waals surface area contributed by atoms with Crippen LogP contribution < -0.4 is 20.2 Å². The van der Waals surface area contributed by atoms with Gasteiger partial charge in [0.05, 0.1) is 19.9 Å². The molecule has 0 radical (unpaired) electrons. The van der Waals surface area contributed by atoms with Crippen molar-refractivity contribution in [3.8, 4) is 11.5 Å². The van der Waals surface area contributed by atoms with Crippen molar-refractivity contribution >= 4 is 28.7 Å². The molecule has 1 aliphatic heterocycles. The second-order valence-corrected chi connectivity index (χ2v) is 7.16. The second-order valence-electron chi connectivity index (χ2n) is 6.78. The van der Waals surface area contributed by atoms with Crippen molar-refractivity contribution in [3.63, 3.8) is 0 Å². The summed E-state index contributed by atoms with van der Waals surface area (Å²) in [4.78, 5) is 0. The predicted octanol–water partition coefficient (Wildman–Crippen LogP) is 5.00. The summed E-state index contributed by atoms with van der Waals surface area (Å²) in [5.74, 6) is 1.52. The van der Waals surface area contributed by atoms with Crippen LogP contribution in [0.5, 0.6) is 11.5 Å². The normalized spacial score (nSPS) is 15.2. The van der Waals surface area contributed by atoms with Gasteiger partial charge in [0.1, 0.15) is 17.5 Å². The molecule has 3 aromatic carbocycles. The van der Waals surface area contributed by atoms with Crippen molar-refractivity contribution in [1.82, 2.24) is 10.4 Å². The Labute approximate surface area is 181 Å². The van der Waals surface area contributed by atoms with Gasteiger partial charge in [-0.3, -0.25) is 10.4 Å². The number of ether oxygens (including phenoxy) is 2. The Bertz CT molecular complexity index is 1050. The van der Waals surface area contributed by atoms with Gasteiger partial charge in [0.25, 0.3) is 0 Å². The van der Waals surface area contributed by atoms with E-state index < -0.39 is 0 Å². The second kappa shape index (κ2) is 8.88. The van der Waals surface area contributed by atoms with E-state index in [0.29, 0.717) is 5.11 Å². The molecule has 1 aliphatic rings. The van der Waals surface area contributed by atoms with Crippen molar-refractivity contribution in [1.29, 1.82) is 0 Å². The Morgan fingerprint density at radius 3 is 2.30 bits per heavy atom. The number of nitrogens with one attached hydrogen (secondary N) is 2. The molecule has 4 rings (SSSR count). The maximum Gasteiger partial charge on any atom is 0.193 e. The Hall–Kier alpha value is -3.51. The molecule has 0 saturated carbocycles. The molecule has 0 aliphatic carbocycles. The van der Waals surface area contributed by atoms with Crippen LogP contribution in [0.3, 0.4) is 0 Å². The molecule has 152 valence electrons. The van der Waals surface area contributed by atoms with Crippen LogP contribution in [-0.4, -0.2) is 24.3 Å². The van der Waals surface area contributed by atoms with Gasteiger partial charge in [0.2, 0.25) is 0 Å². The zero-order valence-corrected chi connectivity index (χ0v) is 17.6. The molecule has 0 aromatic heterocycles. The summed E-state index contributed by atoms with van der Waals surface area (Å²) in [6.07, 6.45) is 2.14. The molecule has 1 atom stereocenters. The highest BCUT2D eigenvalue weighted by atomic mass is 32.1. The van der Waals surface area contributed by atoms with Gasteiger partial charge in [-0.05, 0) is 54.2 Å². The molecule has 0 fully saturated rings. The monoisotopic (exact) mass is 417 g/mol. The van der Waals surface area contributed by atoms with Gasteiger partial charge < -0.3 is 14.8 Å². The molecule has 2 N–H and O–H groups in total. The number of thiocarbonyl (C=S) groups is 1. The Balaban J connectivity index is 1.72. The molecule has 0 unspecified atom stereocenters. The first-order valence-electron chi connectivity index (χ1n) is 9.60. The Kier molecular flexibility index (Phi) is 5.86. The minimum absolute atomic E-state index is 0.186. The SMILES string of the molecule is COc1ccc(OC)c([C@@H]2C=C(c3ccccc3)NN2C(=S)Nc2ccccc2)c1. The number of para-hydroxylation sites is 1. The third-order valence-electron chi connectivity index (χ3n) is 4.93. The summed E-state index contributed by atoms with van der Waals surface area (Å²) in [5, 5.41) is 5.80. The first-order valence-corrected chi connectivity index (χ1v) is 10.0. The van der Waals surface area contributed by atoms with Crippen LogP contribution in [0.15, 0.2) is 84.9 Å². The lowest BCUT2D eigenvalue weighted by Gasteiger charge is -2.29. The molecule has 3 aromatic rings. The fourth-order valence-corrected chi connectivity index (χ4v) is 3.71. The highest BCUT2D eigenvalue weighted by molar-refractivity contribution is 7.80. The van der Waals surface area contributed by atoms with Crippen LogP contribution in [0.2, 0.25) is 0 Å². The number of methoxy groups -OCH3 is 2. The van der Waals surface area contributed by atoms with E-state index in [1.54, 1.807) is 14.2 Å². The van der Waals surface area contributed by atoms with Gasteiger partial charge in [-0.2, -0.15) is 0 Å². The number of anilines is 1. The Morgan fingerprint density at radius 2 is 1.63 bits per heavy atom. The van der Waals surface area contributed by atoms with Gasteiger partial charge >= 0.3 is 0 Å². The third kappa shape index (κ3) is 4.09. The lowest BCUT2D eigenvalue weighted by molar-refractivity contribution is 0.331. The average Bonchev–Trinajstić information content (AvgIpc) is 3.25. The fraction of sp³-hybridized carbons (Fsp3) is 0.125. The van der Waals surface area contributed by atoms with Crippen LogP contribution in [0.4, 0.5) is 5.69 Å². The average molecular weight is 418 g/mol. The quantitative estimate of drug-likeness (QED) is 0.570. The van der Waals surface area contributed by atoms with Gasteiger partial charge in [0, 0.05) is 11.3 Å². The fourth-order valence-electron chi connectivity index (χ4n) is 3.43. The van der Waals surface area contributed by atoms with Crippen LogP contribution in [0.25, 0.3) is 5.70 Å². The molecular weight excluding hydrogens is 394 g/mol. The van der Waals surface area contributed by atoms with Crippen molar-refractivity contribution in [2.24, 2.45) is 0 Å². The molecule has 0 amide bonds. The van der Waals surface area contributed by atoms with Crippen molar-refractivity contribution < 1.29 is 9.47 Å². The molecule has 30 heavy (non-hydrogen) atoms. The number of hydrogen-bond donors (Lipinski definition) is 2. The number of hydrazine groups is 1. The lowest BCUT2D eigenvalue weighted by atomic mass is 10.0. The number of rotatable bonds is 5. The van der Waals surface area contributed by atoms with E-state index in [4.69, 9.17) is 21.7 Å². The van der Waals surface area contributed by atoms with Crippen molar-refractivity contribution in [3.05, 3.63) is 96.1 Å². The van der Waals surface area contributed by atoms with Crippen LogP contribution in [-0.2, 0) is 0 Å². The zero-order chi connectivity index (χ0) is 20.9. The largest absolute Gasteiger partial charge is 0.497 e. The van der Waals surface area contributed by atoms with E-state index in [-0.39, 0.29) is 6.04 Å². The number of nitrogens with zero attached hydrogens (tertiary/aromatic N) is 1. The molecule has 5 nitrogen and oxygen atoms in total. The van der Waals surface area contributed by atoms with Gasteiger partial charge in [0.15, 0.2) is 5.11 Å². The minimum atomic E-state index is -0.186. The van der Waals surface area contributed by atoms with E-state index >= 15 is 0 Å². The molecule has 6 heteroatoms. The maximum atomic E-state index is 5.76. The number of benzene rings is 3. The van der Waals surface area contributed by atoms with Crippen LogP contribution >= 0.6 is 12.2 Å². The predicted molar refractivity (Wildman–Crippen MR) is 124 cm³/mol. The van der Waals surface area contributed by atoms with Crippen LogP contribution in [0, 0.1) is 0 Å². The minimum Gasteiger partial charge on any atom is -0.497 e. The molecular formula is C24H23N3O2S. The first-order chi connectivity index (χ1) is 14.7. The molecule has 0 spiro atoms. The van der Waals surface area contributed by atoms with Gasteiger partial charge in [-0.25, -0.2) is 0 Å². The van der Waals surface area contributed by atoms with E-state index in [2.05, 4.69) is 29.0 Å². The summed E-state index contributed by atoms with van der Waals surface area (Å²) < 4.78 is 11.1. The maximum absolute atomic E-state index is 5.76. The standard InChI is InChI=1S/C24H23N3O2S/c1-28-19-13-14-23(29-2)20(15-19)22-16-21(17-9-5-3-6-10-17)26-27(22)24(30)25-18-11-7-4-8-12-18/h3-16,22,26H,1-2H3,(H,25,30)/t22-/m0/s1. The van der Waals surface area contributed by atoms with Crippen molar-refractivity contribution in [2.45, 2.75) is 6.04 Å².